The van der Waals surface area contributed by atoms with Gasteiger partial charge in [0.15, 0.2) is 0 Å². The molecule has 0 aromatic carbocycles. The van der Waals surface area contributed by atoms with E-state index in [0.29, 0.717) is 19.4 Å². The van der Waals surface area contributed by atoms with Crippen molar-refractivity contribution in [1.29, 1.82) is 0 Å². The molecule has 0 bridgehead atoms. The first-order valence-corrected chi connectivity index (χ1v) is 7.92. The summed E-state index contributed by atoms with van der Waals surface area (Å²) in [4.78, 5) is 28.2. The van der Waals surface area contributed by atoms with Crippen LogP contribution in [0.4, 0.5) is 0 Å². The summed E-state index contributed by atoms with van der Waals surface area (Å²) in [6.45, 7) is 8.04. The predicted octanol–water partition coefficient (Wildman–Crippen LogP) is 2.54. The van der Waals surface area contributed by atoms with Crippen molar-refractivity contribution in [3.63, 3.8) is 0 Å². The first-order chi connectivity index (χ1) is 9.37. The summed E-state index contributed by atoms with van der Waals surface area (Å²) in [5.41, 5.74) is -1.56. The maximum Gasteiger partial charge on any atom is 0.249 e. The fourth-order valence-corrected chi connectivity index (χ4v) is 3.17. The molecule has 2 rings (SSSR count). The number of hydrogen-bond donors (Lipinski definition) is 1. The Morgan fingerprint density at radius 1 is 1.25 bits per heavy atom. The minimum atomic E-state index is -0.789. The summed E-state index contributed by atoms with van der Waals surface area (Å²) >= 11 is 1.61. The molecule has 2 unspecified atom stereocenters. The summed E-state index contributed by atoms with van der Waals surface area (Å²) in [5.74, 6) is -0.0437. The van der Waals surface area contributed by atoms with Crippen molar-refractivity contribution in [2.75, 3.05) is 0 Å². The number of amides is 2. The summed E-state index contributed by atoms with van der Waals surface area (Å²) in [6.07, 6.45) is 1.20. The Morgan fingerprint density at radius 3 is 2.45 bits per heavy atom. The van der Waals surface area contributed by atoms with E-state index in [0.717, 1.165) is 4.88 Å². The molecule has 1 aromatic rings. The van der Waals surface area contributed by atoms with Crippen LogP contribution >= 0.6 is 11.3 Å². The van der Waals surface area contributed by atoms with E-state index in [-0.39, 0.29) is 11.8 Å². The van der Waals surface area contributed by atoms with Gasteiger partial charge in [-0.15, -0.1) is 11.3 Å². The van der Waals surface area contributed by atoms with Crippen molar-refractivity contribution in [2.24, 2.45) is 0 Å². The summed E-state index contributed by atoms with van der Waals surface area (Å²) in [6, 6.07) is 3.97. The fourth-order valence-electron chi connectivity index (χ4n) is 2.48. The van der Waals surface area contributed by atoms with Gasteiger partial charge in [-0.25, -0.2) is 0 Å². The van der Waals surface area contributed by atoms with E-state index in [4.69, 9.17) is 0 Å². The molecule has 110 valence electrons. The van der Waals surface area contributed by atoms with Gasteiger partial charge in [-0.3, -0.25) is 9.59 Å². The minimum absolute atomic E-state index is 0.0114. The number of hydrogen-bond acceptors (Lipinski definition) is 3. The van der Waals surface area contributed by atoms with E-state index in [2.05, 4.69) is 5.32 Å². The van der Waals surface area contributed by atoms with Crippen LogP contribution in [0.15, 0.2) is 17.5 Å². The van der Waals surface area contributed by atoms with Crippen molar-refractivity contribution in [3.8, 4) is 0 Å². The number of carbonyl (C=O) groups excluding carboxylic acids is 2. The fraction of sp³-hybridized carbons (Fsp3) is 0.600. The standard InChI is InChI=1S/C15H22N2O2S/c1-5-14(3)13(19)17(10-11-8-7-9-20-11)15(4,6-2)12(18)16-14/h7-9H,5-6,10H2,1-4H3,(H,16,18). The van der Waals surface area contributed by atoms with Crippen molar-refractivity contribution in [3.05, 3.63) is 22.4 Å². The Balaban J connectivity index is 2.39. The monoisotopic (exact) mass is 294 g/mol. The Morgan fingerprint density at radius 2 is 1.95 bits per heavy atom. The smallest absolute Gasteiger partial charge is 0.249 e. The zero-order valence-corrected chi connectivity index (χ0v) is 13.3. The molecule has 2 amide bonds. The number of thiophene rings is 1. The van der Waals surface area contributed by atoms with E-state index in [1.54, 1.807) is 16.2 Å². The van der Waals surface area contributed by atoms with Crippen LogP contribution < -0.4 is 5.32 Å². The van der Waals surface area contributed by atoms with Gasteiger partial charge in [0, 0.05) is 4.88 Å². The number of nitrogens with one attached hydrogen (secondary N) is 1. The molecule has 20 heavy (non-hydrogen) atoms. The molecule has 2 heterocycles. The highest BCUT2D eigenvalue weighted by Gasteiger charge is 2.52. The highest BCUT2D eigenvalue weighted by molar-refractivity contribution is 7.09. The first kappa shape index (κ1) is 15.0. The Kier molecular flexibility index (Phi) is 3.91. The third-order valence-electron chi connectivity index (χ3n) is 4.48. The van der Waals surface area contributed by atoms with E-state index >= 15 is 0 Å². The van der Waals surface area contributed by atoms with E-state index in [9.17, 15) is 9.59 Å². The average Bonchev–Trinajstić information content (AvgIpc) is 2.94. The Hall–Kier alpha value is -1.36. The predicted molar refractivity (Wildman–Crippen MR) is 80.4 cm³/mol. The number of piperazine rings is 1. The Bertz CT molecular complexity index is 514. The van der Waals surface area contributed by atoms with Gasteiger partial charge in [0.1, 0.15) is 11.1 Å². The quantitative estimate of drug-likeness (QED) is 0.927. The second kappa shape index (κ2) is 5.20. The summed E-state index contributed by atoms with van der Waals surface area (Å²) in [5, 5.41) is 4.91. The summed E-state index contributed by atoms with van der Waals surface area (Å²) < 4.78 is 0. The largest absolute Gasteiger partial charge is 0.340 e. The van der Waals surface area contributed by atoms with Gasteiger partial charge in [0.25, 0.3) is 0 Å². The first-order valence-electron chi connectivity index (χ1n) is 7.04. The molecule has 1 aliphatic rings. The SMILES string of the molecule is CCC1(C)NC(=O)C(C)(CC)N(Cc2cccs2)C1=O. The number of rotatable bonds is 4. The van der Waals surface area contributed by atoms with Gasteiger partial charge in [-0.1, -0.05) is 19.9 Å². The summed E-state index contributed by atoms with van der Waals surface area (Å²) in [7, 11) is 0. The highest BCUT2D eigenvalue weighted by Crippen LogP contribution is 2.32. The molecule has 1 aliphatic heterocycles. The molecule has 1 fully saturated rings. The van der Waals surface area contributed by atoms with Gasteiger partial charge in [0.05, 0.1) is 6.54 Å². The second-order valence-corrected chi connectivity index (χ2v) is 6.77. The van der Waals surface area contributed by atoms with Crippen molar-refractivity contribution in [1.82, 2.24) is 10.2 Å². The van der Waals surface area contributed by atoms with Crippen molar-refractivity contribution < 1.29 is 9.59 Å². The third-order valence-corrected chi connectivity index (χ3v) is 5.34. The van der Waals surface area contributed by atoms with Gasteiger partial charge in [-0.05, 0) is 38.1 Å². The molecular weight excluding hydrogens is 272 g/mol. The van der Waals surface area contributed by atoms with Gasteiger partial charge >= 0.3 is 0 Å². The molecule has 4 nitrogen and oxygen atoms in total. The minimum Gasteiger partial charge on any atom is -0.340 e. The molecule has 2 atom stereocenters. The van der Waals surface area contributed by atoms with Crippen LogP contribution in [0.2, 0.25) is 0 Å². The van der Waals surface area contributed by atoms with Crippen LogP contribution in [0.5, 0.6) is 0 Å². The van der Waals surface area contributed by atoms with Crippen molar-refractivity contribution in [2.45, 2.75) is 58.2 Å². The van der Waals surface area contributed by atoms with E-state index in [1.165, 1.54) is 0 Å². The molecule has 1 N–H and O–H groups in total. The maximum absolute atomic E-state index is 12.8. The zero-order valence-electron chi connectivity index (χ0n) is 12.5. The normalized spacial score (nSPS) is 30.5. The Labute approximate surface area is 124 Å². The average molecular weight is 294 g/mol. The second-order valence-electron chi connectivity index (χ2n) is 5.74. The lowest BCUT2D eigenvalue weighted by molar-refractivity contribution is -0.162. The third kappa shape index (κ3) is 2.24. The molecule has 5 heteroatoms. The lowest BCUT2D eigenvalue weighted by Gasteiger charge is -2.49. The van der Waals surface area contributed by atoms with Gasteiger partial charge in [0.2, 0.25) is 11.8 Å². The zero-order chi connectivity index (χ0) is 15.0. The van der Waals surface area contributed by atoms with Crippen LogP contribution in [0, 0.1) is 0 Å². The molecule has 0 radical (unpaired) electrons. The maximum atomic E-state index is 12.8. The van der Waals surface area contributed by atoms with Crippen LogP contribution in [0.25, 0.3) is 0 Å². The molecule has 0 aliphatic carbocycles. The molecular formula is C15H22N2O2S. The molecule has 1 aromatic heterocycles. The topological polar surface area (TPSA) is 49.4 Å². The van der Waals surface area contributed by atoms with Gasteiger partial charge < -0.3 is 10.2 Å². The number of nitrogens with zero attached hydrogens (tertiary/aromatic N) is 1. The van der Waals surface area contributed by atoms with E-state index in [1.807, 2.05) is 45.2 Å². The number of carbonyl (C=O) groups is 2. The van der Waals surface area contributed by atoms with Crippen LogP contribution in [-0.2, 0) is 16.1 Å². The van der Waals surface area contributed by atoms with Crippen molar-refractivity contribution >= 4 is 23.2 Å². The lowest BCUT2D eigenvalue weighted by Crippen LogP contribution is -2.73. The molecule has 0 spiro atoms. The molecule has 1 saturated heterocycles. The van der Waals surface area contributed by atoms with Gasteiger partial charge in [-0.2, -0.15) is 0 Å². The van der Waals surface area contributed by atoms with E-state index < -0.39 is 11.1 Å². The van der Waals surface area contributed by atoms with Crippen LogP contribution in [0.1, 0.15) is 45.4 Å². The van der Waals surface area contributed by atoms with Crippen LogP contribution in [0.3, 0.4) is 0 Å². The lowest BCUT2D eigenvalue weighted by atomic mass is 9.84. The highest BCUT2D eigenvalue weighted by atomic mass is 32.1. The molecule has 0 saturated carbocycles. The van der Waals surface area contributed by atoms with Crippen LogP contribution in [-0.4, -0.2) is 27.8 Å².